The van der Waals surface area contributed by atoms with E-state index < -0.39 is 5.82 Å². The third-order valence-electron chi connectivity index (χ3n) is 2.95. The smallest absolute Gasteiger partial charge is 0.250 e. The van der Waals surface area contributed by atoms with E-state index >= 15 is 0 Å². The monoisotopic (exact) mass is 260 g/mol. The van der Waals surface area contributed by atoms with E-state index in [9.17, 15) is 4.39 Å². The van der Waals surface area contributed by atoms with Crippen LogP contribution in [0.3, 0.4) is 0 Å². The number of hydrogen-bond donors (Lipinski definition) is 0. The number of ether oxygens (including phenoxy) is 1. The van der Waals surface area contributed by atoms with Crippen LogP contribution in [-0.4, -0.2) is 17.1 Å². The predicted octanol–water partition coefficient (Wildman–Crippen LogP) is 3.34. The lowest BCUT2D eigenvalue weighted by atomic mass is 10.0. The van der Waals surface area contributed by atoms with Crippen molar-refractivity contribution in [2.75, 3.05) is 7.11 Å². The molecule has 0 atom stereocenters. The van der Waals surface area contributed by atoms with Crippen LogP contribution in [0.5, 0.6) is 5.88 Å². The molecule has 0 aromatic carbocycles. The van der Waals surface area contributed by atoms with Gasteiger partial charge in [-0.25, -0.2) is 9.37 Å². The number of methoxy groups -OCH3 is 1. The zero-order chi connectivity index (χ0) is 13.8. The molecule has 0 N–H and O–H groups in total. The molecule has 100 valence electrons. The van der Waals surface area contributed by atoms with Gasteiger partial charge in [-0.15, -0.1) is 0 Å². The van der Waals surface area contributed by atoms with E-state index in [1.54, 1.807) is 12.4 Å². The standard InChI is InChI=1S/C15H17FN2O/c1-10(2)12-4-5-17-13(8-12)6-11-7-14(16)15(19-3)18-9-11/h4-5,7-10H,6H2,1-3H3. The number of hydrogen-bond acceptors (Lipinski definition) is 3. The van der Waals surface area contributed by atoms with Crippen LogP contribution in [0.25, 0.3) is 0 Å². The van der Waals surface area contributed by atoms with Crippen molar-refractivity contribution in [3.63, 3.8) is 0 Å². The highest BCUT2D eigenvalue weighted by Crippen LogP contribution is 2.18. The Hall–Kier alpha value is -1.97. The summed E-state index contributed by atoms with van der Waals surface area (Å²) in [6.07, 6.45) is 3.97. The summed E-state index contributed by atoms with van der Waals surface area (Å²) in [5.74, 6) is 0.0279. The van der Waals surface area contributed by atoms with Gasteiger partial charge in [0.05, 0.1) is 7.11 Å². The zero-order valence-corrected chi connectivity index (χ0v) is 11.4. The molecule has 2 aromatic rings. The number of rotatable bonds is 4. The summed E-state index contributed by atoms with van der Waals surface area (Å²) in [6.45, 7) is 4.27. The van der Waals surface area contributed by atoms with E-state index in [-0.39, 0.29) is 5.88 Å². The molecule has 2 heterocycles. The summed E-state index contributed by atoms with van der Waals surface area (Å²) in [6, 6.07) is 5.49. The lowest BCUT2D eigenvalue weighted by Gasteiger charge is -2.08. The van der Waals surface area contributed by atoms with Crippen molar-refractivity contribution < 1.29 is 9.13 Å². The normalized spacial score (nSPS) is 10.8. The average Bonchev–Trinajstić information content (AvgIpc) is 2.39. The molecule has 0 bridgehead atoms. The highest BCUT2D eigenvalue weighted by molar-refractivity contribution is 5.27. The third-order valence-corrected chi connectivity index (χ3v) is 2.95. The van der Waals surface area contributed by atoms with Crippen molar-refractivity contribution in [3.05, 3.63) is 53.2 Å². The molecular formula is C15H17FN2O. The molecule has 0 unspecified atom stereocenters. The average molecular weight is 260 g/mol. The highest BCUT2D eigenvalue weighted by Gasteiger charge is 2.07. The number of nitrogens with zero attached hydrogens (tertiary/aromatic N) is 2. The van der Waals surface area contributed by atoms with Crippen LogP contribution in [0.1, 0.15) is 36.6 Å². The molecule has 0 aliphatic heterocycles. The Balaban J connectivity index is 2.21. The van der Waals surface area contributed by atoms with Crippen molar-refractivity contribution in [1.29, 1.82) is 0 Å². The minimum absolute atomic E-state index is 0.0210. The van der Waals surface area contributed by atoms with Gasteiger partial charge in [-0.2, -0.15) is 0 Å². The molecule has 0 amide bonds. The largest absolute Gasteiger partial charge is 0.479 e. The lowest BCUT2D eigenvalue weighted by Crippen LogP contribution is -1.98. The number of halogens is 1. The van der Waals surface area contributed by atoms with Gasteiger partial charge in [-0.3, -0.25) is 4.98 Å². The minimum atomic E-state index is -0.444. The molecule has 2 aromatic heterocycles. The molecule has 0 radical (unpaired) electrons. The summed E-state index contributed by atoms with van der Waals surface area (Å²) in [5, 5.41) is 0. The van der Waals surface area contributed by atoms with Gasteiger partial charge in [0.1, 0.15) is 0 Å². The maximum absolute atomic E-state index is 13.6. The van der Waals surface area contributed by atoms with Gasteiger partial charge in [-0.05, 0) is 35.2 Å². The molecule has 0 saturated carbocycles. The van der Waals surface area contributed by atoms with Crippen LogP contribution in [0.15, 0.2) is 30.6 Å². The van der Waals surface area contributed by atoms with E-state index in [4.69, 9.17) is 4.74 Å². The number of aromatic nitrogens is 2. The van der Waals surface area contributed by atoms with E-state index in [1.807, 2.05) is 12.1 Å². The maximum atomic E-state index is 13.6. The van der Waals surface area contributed by atoms with Crippen molar-refractivity contribution >= 4 is 0 Å². The summed E-state index contributed by atoms with van der Waals surface area (Å²) >= 11 is 0. The Kier molecular flexibility index (Phi) is 4.10. The first kappa shape index (κ1) is 13.5. The number of pyridine rings is 2. The first-order valence-electron chi connectivity index (χ1n) is 6.23. The fourth-order valence-corrected chi connectivity index (χ4v) is 1.87. The third kappa shape index (κ3) is 3.28. The van der Waals surface area contributed by atoms with Crippen molar-refractivity contribution in [1.82, 2.24) is 9.97 Å². The SMILES string of the molecule is COc1ncc(Cc2cc(C(C)C)ccn2)cc1F. The summed E-state index contributed by atoms with van der Waals surface area (Å²) in [5.41, 5.74) is 2.93. The van der Waals surface area contributed by atoms with Gasteiger partial charge in [0.25, 0.3) is 0 Å². The van der Waals surface area contributed by atoms with Crippen molar-refractivity contribution in [2.45, 2.75) is 26.2 Å². The zero-order valence-electron chi connectivity index (χ0n) is 11.4. The minimum Gasteiger partial charge on any atom is -0.479 e. The van der Waals surface area contributed by atoms with Crippen molar-refractivity contribution in [3.8, 4) is 5.88 Å². The van der Waals surface area contributed by atoms with Crippen LogP contribution in [0, 0.1) is 5.82 Å². The molecule has 2 rings (SSSR count). The van der Waals surface area contributed by atoms with Gasteiger partial charge < -0.3 is 4.74 Å². The topological polar surface area (TPSA) is 35.0 Å². The quantitative estimate of drug-likeness (QED) is 0.845. The van der Waals surface area contributed by atoms with Crippen LogP contribution < -0.4 is 4.74 Å². The fourth-order valence-electron chi connectivity index (χ4n) is 1.87. The molecule has 0 spiro atoms. The van der Waals surface area contributed by atoms with Crippen LogP contribution >= 0.6 is 0 Å². The van der Waals surface area contributed by atoms with Gasteiger partial charge in [0.15, 0.2) is 5.82 Å². The summed E-state index contributed by atoms with van der Waals surface area (Å²) in [4.78, 5) is 8.23. The summed E-state index contributed by atoms with van der Waals surface area (Å²) in [7, 11) is 1.40. The molecule has 4 heteroatoms. The van der Waals surface area contributed by atoms with Gasteiger partial charge >= 0.3 is 0 Å². The van der Waals surface area contributed by atoms with Gasteiger partial charge in [0, 0.05) is 24.5 Å². The fraction of sp³-hybridized carbons (Fsp3) is 0.333. The van der Waals surface area contributed by atoms with Gasteiger partial charge in [0.2, 0.25) is 5.88 Å². The van der Waals surface area contributed by atoms with Crippen molar-refractivity contribution in [2.24, 2.45) is 0 Å². The first-order valence-corrected chi connectivity index (χ1v) is 6.23. The Bertz CT molecular complexity index is 570. The van der Waals surface area contributed by atoms with Crippen LogP contribution in [0.2, 0.25) is 0 Å². The van der Waals surface area contributed by atoms with Crippen LogP contribution in [0.4, 0.5) is 4.39 Å². The molecular weight excluding hydrogens is 243 g/mol. The Morgan fingerprint density at radius 1 is 1.26 bits per heavy atom. The molecule has 0 fully saturated rings. The maximum Gasteiger partial charge on any atom is 0.250 e. The van der Waals surface area contributed by atoms with E-state index in [2.05, 4.69) is 23.8 Å². The molecule has 3 nitrogen and oxygen atoms in total. The second-order valence-corrected chi connectivity index (χ2v) is 4.75. The second kappa shape index (κ2) is 5.78. The van der Waals surface area contributed by atoms with Crippen LogP contribution in [-0.2, 0) is 6.42 Å². The molecule has 0 aliphatic rings. The molecule has 19 heavy (non-hydrogen) atoms. The lowest BCUT2D eigenvalue weighted by molar-refractivity contribution is 0.368. The molecule has 0 saturated heterocycles. The van der Waals surface area contributed by atoms with E-state index in [1.165, 1.54) is 18.7 Å². The summed E-state index contributed by atoms with van der Waals surface area (Å²) < 4.78 is 18.4. The van der Waals surface area contributed by atoms with Gasteiger partial charge in [-0.1, -0.05) is 13.8 Å². The Labute approximate surface area is 112 Å². The Morgan fingerprint density at radius 3 is 2.68 bits per heavy atom. The predicted molar refractivity (Wildman–Crippen MR) is 71.9 cm³/mol. The van der Waals surface area contributed by atoms with E-state index in [0.29, 0.717) is 12.3 Å². The second-order valence-electron chi connectivity index (χ2n) is 4.75. The van der Waals surface area contributed by atoms with E-state index in [0.717, 1.165) is 11.3 Å². The molecule has 0 aliphatic carbocycles. The first-order chi connectivity index (χ1) is 9.10. The Morgan fingerprint density at radius 2 is 2.05 bits per heavy atom. The highest BCUT2D eigenvalue weighted by atomic mass is 19.1.